The number of hydrogen-bond donors (Lipinski definition) is 0. The Morgan fingerprint density at radius 3 is 1.31 bits per heavy atom. The zero-order valence-corrected chi connectivity index (χ0v) is 30.6. The Hall–Kier alpha value is -7.01. The minimum atomic E-state index is 0.633. The standard InChI is InChI=1S/C51H33N3S/c1-5-16-34(17-6-1)38-24-13-26-40(30-38)50-52-49(37-22-11-4-12-23-37)53-51(54-50)41-27-14-25-39(31-41)45-32-42(35-18-7-2-8-19-35)33-46-44-29-15-28-43(47(44)55-48(45)46)36-20-9-3-10-21-36/h1-33H. The zero-order chi connectivity index (χ0) is 36.6. The molecule has 2 aromatic heterocycles. The molecule has 0 N–H and O–H groups in total. The number of aromatic nitrogens is 3. The molecule has 0 aliphatic rings. The number of hydrogen-bond acceptors (Lipinski definition) is 4. The van der Waals surface area contributed by atoms with E-state index in [0.29, 0.717) is 17.5 Å². The molecule has 0 aliphatic carbocycles. The molecule has 4 heteroatoms. The van der Waals surface area contributed by atoms with Gasteiger partial charge in [-0.1, -0.05) is 176 Å². The Labute approximate surface area is 323 Å². The lowest BCUT2D eigenvalue weighted by Crippen LogP contribution is -2.00. The second-order valence-electron chi connectivity index (χ2n) is 13.6. The Kier molecular flexibility index (Phi) is 8.36. The SMILES string of the molecule is c1ccc(-c2cccc(-c3nc(-c4ccccc4)nc(-c4cccc(-c5cc(-c6ccccc6)cc6c5sc5c(-c7ccccc7)cccc56)c4)n3)c2)cc1. The second kappa shape index (κ2) is 14.1. The Balaban J connectivity index is 1.16. The van der Waals surface area contributed by atoms with E-state index in [9.17, 15) is 0 Å². The van der Waals surface area contributed by atoms with E-state index in [-0.39, 0.29) is 0 Å². The van der Waals surface area contributed by atoms with Gasteiger partial charge in [0.25, 0.3) is 0 Å². The van der Waals surface area contributed by atoms with E-state index in [1.165, 1.54) is 48.0 Å². The van der Waals surface area contributed by atoms with Crippen LogP contribution in [0.3, 0.4) is 0 Å². The van der Waals surface area contributed by atoms with Crippen LogP contribution in [0.4, 0.5) is 0 Å². The molecule has 10 aromatic rings. The fraction of sp³-hybridized carbons (Fsp3) is 0. The summed E-state index contributed by atoms with van der Waals surface area (Å²) >= 11 is 1.87. The van der Waals surface area contributed by atoms with Crippen LogP contribution in [0.15, 0.2) is 200 Å². The van der Waals surface area contributed by atoms with Crippen LogP contribution in [0, 0.1) is 0 Å². The van der Waals surface area contributed by atoms with Crippen LogP contribution in [0.2, 0.25) is 0 Å². The van der Waals surface area contributed by atoms with Crippen LogP contribution < -0.4 is 0 Å². The smallest absolute Gasteiger partial charge is 0.164 e. The van der Waals surface area contributed by atoms with Crippen LogP contribution in [-0.2, 0) is 0 Å². The van der Waals surface area contributed by atoms with Gasteiger partial charge in [0, 0.05) is 42.4 Å². The van der Waals surface area contributed by atoms with Gasteiger partial charge < -0.3 is 0 Å². The maximum absolute atomic E-state index is 5.16. The largest absolute Gasteiger partial charge is 0.208 e. The lowest BCUT2D eigenvalue weighted by Gasteiger charge is -2.12. The van der Waals surface area contributed by atoms with Gasteiger partial charge in [-0.3, -0.25) is 0 Å². The highest BCUT2D eigenvalue weighted by atomic mass is 32.1. The fourth-order valence-electron chi connectivity index (χ4n) is 7.40. The summed E-state index contributed by atoms with van der Waals surface area (Å²) in [6.45, 7) is 0. The van der Waals surface area contributed by atoms with E-state index >= 15 is 0 Å². The van der Waals surface area contributed by atoms with Crippen LogP contribution in [0.1, 0.15) is 0 Å². The third kappa shape index (κ3) is 6.29. The molecule has 3 nitrogen and oxygen atoms in total. The van der Waals surface area contributed by atoms with Crippen LogP contribution in [-0.4, -0.2) is 15.0 Å². The molecular weight excluding hydrogens is 687 g/mol. The molecule has 0 saturated heterocycles. The summed E-state index contributed by atoms with van der Waals surface area (Å²) in [5, 5.41) is 2.52. The number of rotatable bonds is 7. The maximum Gasteiger partial charge on any atom is 0.164 e. The summed E-state index contributed by atoms with van der Waals surface area (Å²) in [5.41, 5.74) is 12.2. The summed E-state index contributed by atoms with van der Waals surface area (Å²) in [5.74, 6) is 1.91. The van der Waals surface area contributed by atoms with Crippen LogP contribution >= 0.6 is 11.3 Å². The topological polar surface area (TPSA) is 38.7 Å². The molecule has 55 heavy (non-hydrogen) atoms. The predicted molar refractivity (Wildman–Crippen MR) is 231 cm³/mol. The van der Waals surface area contributed by atoms with Crippen LogP contribution in [0.25, 0.3) is 98.8 Å². The molecule has 0 amide bonds. The lowest BCUT2D eigenvalue weighted by atomic mass is 9.94. The Bertz CT molecular complexity index is 2960. The highest BCUT2D eigenvalue weighted by molar-refractivity contribution is 7.26. The molecule has 0 spiro atoms. The quantitative estimate of drug-likeness (QED) is 0.165. The van der Waals surface area contributed by atoms with Crippen molar-refractivity contribution in [2.75, 3.05) is 0 Å². The first-order valence-corrected chi connectivity index (χ1v) is 19.3. The van der Waals surface area contributed by atoms with Crippen molar-refractivity contribution in [3.63, 3.8) is 0 Å². The van der Waals surface area contributed by atoms with Crippen molar-refractivity contribution < 1.29 is 0 Å². The van der Waals surface area contributed by atoms with Gasteiger partial charge in [0.15, 0.2) is 17.5 Å². The first kappa shape index (κ1) is 32.6. The first-order valence-electron chi connectivity index (χ1n) is 18.4. The fourth-order valence-corrected chi connectivity index (χ4v) is 8.75. The molecule has 2 heterocycles. The monoisotopic (exact) mass is 719 g/mol. The van der Waals surface area contributed by atoms with E-state index in [1.807, 2.05) is 35.6 Å². The van der Waals surface area contributed by atoms with Gasteiger partial charge in [-0.15, -0.1) is 11.3 Å². The highest BCUT2D eigenvalue weighted by Gasteiger charge is 2.18. The number of fused-ring (bicyclic) bond motifs is 3. The number of benzene rings is 8. The Morgan fingerprint density at radius 1 is 0.255 bits per heavy atom. The van der Waals surface area contributed by atoms with Gasteiger partial charge >= 0.3 is 0 Å². The summed E-state index contributed by atoms with van der Waals surface area (Å²) in [6.07, 6.45) is 0. The maximum atomic E-state index is 5.16. The van der Waals surface area contributed by atoms with E-state index in [2.05, 4.69) is 176 Å². The van der Waals surface area contributed by atoms with E-state index < -0.39 is 0 Å². The molecule has 0 fully saturated rings. The minimum Gasteiger partial charge on any atom is -0.208 e. The molecule has 0 aliphatic heterocycles. The van der Waals surface area contributed by atoms with Crippen molar-refractivity contribution in [1.29, 1.82) is 0 Å². The predicted octanol–water partition coefficient (Wildman–Crippen LogP) is 13.9. The molecule has 0 radical (unpaired) electrons. The molecule has 0 unspecified atom stereocenters. The summed E-state index contributed by atoms with van der Waals surface area (Å²) in [7, 11) is 0. The van der Waals surface area contributed by atoms with Gasteiger partial charge in [0.2, 0.25) is 0 Å². The third-order valence-electron chi connectivity index (χ3n) is 10.1. The van der Waals surface area contributed by atoms with Crippen molar-refractivity contribution in [2.24, 2.45) is 0 Å². The molecular formula is C51H33N3S. The Morgan fingerprint density at radius 2 is 0.691 bits per heavy atom. The van der Waals surface area contributed by atoms with Gasteiger partial charge in [-0.2, -0.15) is 0 Å². The number of thiophene rings is 1. The highest BCUT2D eigenvalue weighted by Crippen LogP contribution is 2.46. The zero-order valence-electron chi connectivity index (χ0n) is 29.8. The molecule has 0 saturated carbocycles. The molecule has 258 valence electrons. The molecule has 10 rings (SSSR count). The van der Waals surface area contributed by atoms with Crippen molar-refractivity contribution in [2.45, 2.75) is 0 Å². The van der Waals surface area contributed by atoms with E-state index in [4.69, 9.17) is 15.0 Å². The number of nitrogens with zero attached hydrogens (tertiary/aromatic N) is 3. The van der Waals surface area contributed by atoms with Gasteiger partial charge in [-0.25, -0.2) is 15.0 Å². The first-order chi connectivity index (χ1) is 27.2. The van der Waals surface area contributed by atoms with Crippen molar-refractivity contribution in [3.8, 4) is 78.7 Å². The van der Waals surface area contributed by atoms with Crippen LogP contribution in [0.5, 0.6) is 0 Å². The average Bonchev–Trinajstić information content (AvgIpc) is 3.66. The minimum absolute atomic E-state index is 0.633. The molecule has 0 atom stereocenters. The van der Waals surface area contributed by atoms with Gasteiger partial charge in [0.05, 0.1) is 0 Å². The van der Waals surface area contributed by atoms with E-state index in [0.717, 1.165) is 33.4 Å². The molecule has 8 aromatic carbocycles. The molecule has 0 bridgehead atoms. The second-order valence-corrected chi connectivity index (χ2v) is 14.6. The van der Waals surface area contributed by atoms with Gasteiger partial charge in [-0.05, 0) is 63.2 Å². The summed E-state index contributed by atoms with van der Waals surface area (Å²) < 4.78 is 2.55. The van der Waals surface area contributed by atoms with Crippen molar-refractivity contribution >= 4 is 31.5 Å². The lowest BCUT2D eigenvalue weighted by molar-refractivity contribution is 1.07. The summed E-state index contributed by atoms with van der Waals surface area (Å²) in [6, 6.07) is 70.5. The van der Waals surface area contributed by atoms with Crippen molar-refractivity contribution in [3.05, 3.63) is 200 Å². The average molecular weight is 720 g/mol. The third-order valence-corrected chi connectivity index (χ3v) is 11.4. The normalized spacial score (nSPS) is 11.3. The summed E-state index contributed by atoms with van der Waals surface area (Å²) in [4.78, 5) is 15.3. The van der Waals surface area contributed by atoms with E-state index in [1.54, 1.807) is 0 Å². The van der Waals surface area contributed by atoms with Crippen molar-refractivity contribution in [1.82, 2.24) is 15.0 Å². The van der Waals surface area contributed by atoms with Gasteiger partial charge in [0.1, 0.15) is 0 Å².